The Morgan fingerprint density at radius 3 is 2.50 bits per heavy atom. The van der Waals surface area contributed by atoms with Gasteiger partial charge in [0.1, 0.15) is 0 Å². The fourth-order valence-corrected chi connectivity index (χ4v) is 1.63. The third kappa shape index (κ3) is 2.70. The van der Waals surface area contributed by atoms with Gasteiger partial charge in [-0.2, -0.15) is 5.10 Å². The Balaban J connectivity index is 2.21. The van der Waals surface area contributed by atoms with Gasteiger partial charge in [-0.25, -0.2) is 0 Å². The minimum Gasteiger partial charge on any atom is -0.389 e. The van der Waals surface area contributed by atoms with Gasteiger partial charge in [-0.05, 0) is 19.4 Å². The molecular weight excluding hydrogens is 200 g/mol. The average molecular weight is 216 g/mol. The lowest BCUT2D eigenvalue weighted by atomic mass is 10.1. The Kier molecular flexibility index (Phi) is 2.79. The highest BCUT2D eigenvalue weighted by atomic mass is 16.3. The number of benzene rings is 1. The van der Waals surface area contributed by atoms with Crippen molar-refractivity contribution in [2.75, 3.05) is 0 Å². The fraction of sp³-hybridized carbons (Fsp3) is 0.308. The van der Waals surface area contributed by atoms with Gasteiger partial charge in [0.25, 0.3) is 0 Å². The summed E-state index contributed by atoms with van der Waals surface area (Å²) in [5, 5.41) is 13.9. The van der Waals surface area contributed by atoms with Crippen LogP contribution >= 0.6 is 0 Å². The highest BCUT2D eigenvalue weighted by Gasteiger charge is 2.14. The van der Waals surface area contributed by atoms with Crippen LogP contribution in [0.3, 0.4) is 0 Å². The smallest absolute Gasteiger partial charge is 0.0786 e. The molecule has 0 saturated heterocycles. The molecule has 84 valence electrons. The molecule has 0 aliphatic carbocycles. The summed E-state index contributed by atoms with van der Waals surface area (Å²) in [6, 6.07) is 10.1. The molecule has 2 aromatic rings. The minimum atomic E-state index is -0.736. The van der Waals surface area contributed by atoms with Gasteiger partial charge >= 0.3 is 0 Å². The molecule has 0 aliphatic rings. The van der Waals surface area contributed by atoms with E-state index < -0.39 is 5.60 Å². The van der Waals surface area contributed by atoms with Crippen LogP contribution in [0.15, 0.2) is 42.7 Å². The van der Waals surface area contributed by atoms with Crippen LogP contribution in [0.2, 0.25) is 0 Å². The zero-order valence-corrected chi connectivity index (χ0v) is 9.59. The Hall–Kier alpha value is -1.61. The molecule has 0 bridgehead atoms. The number of hydrogen-bond donors (Lipinski definition) is 1. The summed E-state index contributed by atoms with van der Waals surface area (Å²) in [6.45, 7) is 4.05. The summed E-state index contributed by atoms with van der Waals surface area (Å²) in [5.74, 6) is 0. The van der Waals surface area contributed by atoms with Gasteiger partial charge in [-0.3, -0.25) is 4.68 Å². The number of rotatable bonds is 3. The van der Waals surface area contributed by atoms with Crippen LogP contribution in [-0.4, -0.2) is 20.5 Å². The molecule has 0 radical (unpaired) electrons. The average Bonchev–Trinajstić information content (AvgIpc) is 2.65. The van der Waals surface area contributed by atoms with Crippen LogP contribution < -0.4 is 0 Å². The topological polar surface area (TPSA) is 38.0 Å². The molecule has 1 aromatic heterocycles. The summed E-state index contributed by atoms with van der Waals surface area (Å²) < 4.78 is 1.77. The van der Waals surface area contributed by atoms with E-state index in [-0.39, 0.29) is 0 Å². The molecule has 3 heteroatoms. The van der Waals surface area contributed by atoms with Gasteiger partial charge in [0.05, 0.1) is 18.3 Å². The van der Waals surface area contributed by atoms with Crippen molar-refractivity contribution < 1.29 is 5.11 Å². The molecule has 0 amide bonds. The van der Waals surface area contributed by atoms with Crippen molar-refractivity contribution in [3.05, 3.63) is 42.7 Å². The Labute approximate surface area is 95.3 Å². The van der Waals surface area contributed by atoms with E-state index in [0.717, 1.165) is 11.1 Å². The summed E-state index contributed by atoms with van der Waals surface area (Å²) in [4.78, 5) is 0. The largest absolute Gasteiger partial charge is 0.389 e. The van der Waals surface area contributed by atoms with Gasteiger partial charge < -0.3 is 5.11 Å². The predicted molar refractivity (Wildman–Crippen MR) is 64.0 cm³/mol. The van der Waals surface area contributed by atoms with Crippen LogP contribution in [0.1, 0.15) is 13.8 Å². The first-order chi connectivity index (χ1) is 7.54. The van der Waals surface area contributed by atoms with E-state index in [1.165, 1.54) is 0 Å². The number of nitrogens with zero attached hydrogens (tertiary/aromatic N) is 2. The fourth-order valence-electron chi connectivity index (χ4n) is 1.63. The monoisotopic (exact) mass is 216 g/mol. The van der Waals surface area contributed by atoms with E-state index in [0.29, 0.717) is 6.54 Å². The van der Waals surface area contributed by atoms with Crippen molar-refractivity contribution in [2.24, 2.45) is 0 Å². The number of aliphatic hydroxyl groups is 1. The quantitative estimate of drug-likeness (QED) is 0.855. The third-order valence-electron chi connectivity index (χ3n) is 2.29. The highest BCUT2D eigenvalue weighted by molar-refractivity contribution is 5.61. The molecule has 16 heavy (non-hydrogen) atoms. The van der Waals surface area contributed by atoms with Gasteiger partial charge in [0.2, 0.25) is 0 Å². The molecule has 0 saturated carbocycles. The summed E-state index contributed by atoms with van der Waals surface area (Å²) in [6.07, 6.45) is 3.77. The van der Waals surface area contributed by atoms with E-state index in [1.54, 1.807) is 18.5 Å². The van der Waals surface area contributed by atoms with Crippen molar-refractivity contribution in [3.8, 4) is 11.1 Å². The van der Waals surface area contributed by atoms with Gasteiger partial charge in [0, 0.05) is 11.8 Å². The van der Waals surface area contributed by atoms with Crippen molar-refractivity contribution in [3.63, 3.8) is 0 Å². The highest BCUT2D eigenvalue weighted by Crippen LogP contribution is 2.18. The molecule has 0 fully saturated rings. The Morgan fingerprint density at radius 1 is 1.19 bits per heavy atom. The van der Waals surface area contributed by atoms with E-state index >= 15 is 0 Å². The van der Waals surface area contributed by atoms with Gasteiger partial charge in [0.15, 0.2) is 0 Å². The molecule has 1 N–H and O–H groups in total. The molecule has 3 nitrogen and oxygen atoms in total. The summed E-state index contributed by atoms with van der Waals surface area (Å²) >= 11 is 0. The molecular formula is C13H16N2O. The third-order valence-corrected chi connectivity index (χ3v) is 2.29. The molecule has 0 spiro atoms. The van der Waals surface area contributed by atoms with E-state index in [4.69, 9.17) is 0 Å². The lowest BCUT2D eigenvalue weighted by Gasteiger charge is -2.16. The first-order valence-electron chi connectivity index (χ1n) is 5.35. The minimum absolute atomic E-state index is 0.500. The standard InChI is InChI=1S/C13H16N2O/c1-13(2,16)10-15-9-12(8-14-15)11-6-4-3-5-7-11/h3-9,16H,10H2,1-2H3. The lowest BCUT2D eigenvalue weighted by molar-refractivity contribution is 0.0577. The van der Waals surface area contributed by atoms with Crippen LogP contribution in [0.4, 0.5) is 0 Å². The van der Waals surface area contributed by atoms with E-state index in [2.05, 4.69) is 5.10 Å². The molecule has 0 aliphatic heterocycles. The maximum absolute atomic E-state index is 9.69. The van der Waals surface area contributed by atoms with Crippen molar-refractivity contribution in [1.29, 1.82) is 0 Å². The van der Waals surface area contributed by atoms with Gasteiger partial charge in [-0.15, -0.1) is 0 Å². The predicted octanol–water partition coefficient (Wildman–Crippen LogP) is 2.32. The van der Waals surface area contributed by atoms with Crippen LogP contribution in [0, 0.1) is 0 Å². The number of aromatic nitrogens is 2. The van der Waals surface area contributed by atoms with Crippen molar-refractivity contribution >= 4 is 0 Å². The zero-order valence-electron chi connectivity index (χ0n) is 9.59. The molecule has 0 unspecified atom stereocenters. The lowest BCUT2D eigenvalue weighted by Crippen LogP contribution is -2.26. The van der Waals surface area contributed by atoms with Crippen LogP contribution in [0.25, 0.3) is 11.1 Å². The summed E-state index contributed by atoms with van der Waals surface area (Å²) in [7, 11) is 0. The SMILES string of the molecule is CC(C)(O)Cn1cc(-c2ccccc2)cn1. The molecule has 1 aromatic carbocycles. The van der Waals surface area contributed by atoms with Crippen LogP contribution in [-0.2, 0) is 6.54 Å². The van der Waals surface area contributed by atoms with Gasteiger partial charge in [-0.1, -0.05) is 30.3 Å². The van der Waals surface area contributed by atoms with Crippen molar-refractivity contribution in [1.82, 2.24) is 9.78 Å². The maximum atomic E-state index is 9.69. The normalized spacial score (nSPS) is 11.7. The first-order valence-corrected chi connectivity index (χ1v) is 5.35. The Morgan fingerprint density at radius 2 is 1.88 bits per heavy atom. The summed E-state index contributed by atoms with van der Waals surface area (Å²) in [5.41, 5.74) is 1.48. The molecule has 0 atom stereocenters. The van der Waals surface area contributed by atoms with Crippen molar-refractivity contribution in [2.45, 2.75) is 26.0 Å². The maximum Gasteiger partial charge on any atom is 0.0786 e. The number of hydrogen-bond acceptors (Lipinski definition) is 2. The second kappa shape index (κ2) is 4.10. The molecule has 2 rings (SSSR count). The zero-order chi connectivity index (χ0) is 11.6. The molecule has 1 heterocycles. The first kappa shape index (κ1) is 10.9. The second-order valence-corrected chi connectivity index (χ2v) is 4.61. The second-order valence-electron chi connectivity index (χ2n) is 4.61. The van der Waals surface area contributed by atoms with E-state index in [1.807, 2.05) is 42.7 Å². The van der Waals surface area contributed by atoms with Crippen LogP contribution in [0.5, 0.6) is 0 Å². The Bertz CT molecular complexity index is 454. The van der Waals surface area contributed by atoms with E-state index in [9.17, 15) is 5.11 Å².